The molecule has 2 aliphatic carbocycles. The van der Waals surface area contributed by atoms with Gasteiger partial charge in [-0.15, -0.1) is 12.4 Å². The second kappa shape index (κ2) is 6.98. The minimum atomic E-state index is -0.186. The largest absolute Gasteiger partial charge is 0.326 e. The third-order valence-corrected chi connectivity index (χ3v) is 5.72. The van der Waals surface area contributed by atoms with E-state index in [2.05, 4.69) is 11.4 Å². The fourth-order valence-corrected chi connectivity index (χ4v) is 4.14. The molecule has 1 amide bonds. The number of hydrogen-bond acceptors (Lipinski definition) is 3. The highest BCUT2D eigenvalue weighted by Crippen LogP contribution is 2.51. The molecule has 0 unspecified atom stereocenters. The van der Waals surface area contributed by atoms with Crippen molar-refractivity contribution in [3.63, 3.8) is 0 Å². The van der Waals surface area contributed by atoms with Crippen molar-refractivity contribution in [1.82, 2.24) is 10.2 Å². The van der Waals surface area contributed by atoms with Crippen molar-refractivity contribution in [3.05, 3.63) is 0 Å². The smallest absolute Gasteiger partial charge is 0.237 e. The van der Waals surface area contributed by atoms with Crippen LogP contribution in [0.3, 0.4) is 0 Å². The van der Waals surface area contributed by atoms with Crippen molar-refractivity contribution in [2.24, 2.45) is 5.41 Å². The topological polar surface area (TPSA) is 56.1 Å². The van der Waals surface area contributed by atoms with Crippen molar-refractivity contribution in [2.75, 3.05) is 13.1 Å². The molecular formula is C16H26ClN3O. The molecule has 1 aliphatic heterocycles. The molecule has 1 saturated heterocycles. The summed E-state index contributed by atoms with van der Waals surface area (Å²) in [5.41, 5.74) is 0.684. The van der Waals surface area contributed by atoms with Crippen molar-refractivity contribution >= 4 is 18.3 Å². The molecule has 118 valence electrons. The van der Waals surface area contributed by atoms with Crippen LogP contribution < -0.4 is 5.32 Å². The number of likely N-dealkylation sites (tertiary alicyclic amines) is 1. The predicted molar refractivity (Wildman–Crippen MR) is 84.1 cm³/mol. The van der Waals surface area contributed by atoms with E-state index in [1.807, 2.05) is 0 Å². The van der Waals surface area contributed by atoms with Crippen LogP contribution in [0.5, 0.6) is 0 Å². The lowest BCUT2D eigenvalue weighted by molar-refractivity contribution is -0.130. The van der Waals surface area contributed by atoms with E-state index < -0.39 is 0 Å². The van der Waals surface area contributed by atoms with Gasteiger partial charge in [0.15, 0.2) is 0 Å². The molecule has 0 aromatic heterocycles. The van der Waals surface area contributed by atoms with Crippen molar-refractivity contribution in [3.8, 4) is 6.07 Å². The minimum Gasteiger partial charge on any atom is -0.326 e. The highest BCUT2D eigenvalue weighted by molar-refractivity contribution is 5.85. The molecule has 1 spiro atoms. The van der Waals surface area contributed by atoms with Gasteiger partial charge in [-0.2, -0.15) is 5.26 Å². The van der Waals surface area contributed by atoms with Crippen LogP contribution in [0.2, 0.25) is 0 Å². The number of halogens is 1. The summed E-state index contributed by atoms with van der Waals surface area (Å²) in [6.07, 6.45) is 11.2. The summed E-state index contributed by atoms with van der Waals surface area (Å²) in [5.74, 6) is 0.109. The van der Waals surface area contributed by atoms with Gasteiger partial charge in [-0.25, -0.2) is 0 Å². The molecule has 1 N–H and O–H groups in total. The molecular weight excluding hydrogens is 286 g/mol. The zero-order chi connectivity index (χ0) is 14.0. The highest BCUT2D eigenvalue weighted by atomic mass is 35.5. The first-order chi connectivity index (χ1) is 9.72. The fraction of sp³-hybridized carbons (Fsp3) is 0.875. The fourth-order valence-electron chi connectivity index (χ4n) is 4.14. The maximum Gasteiger partial charge on any atom is 0.237 e. The molecule has 3 aliphatic rings. The van der Waals surface area contributed by atoms with Gasteiger partial charge >= 0.3 is 0 Å². The first kappa shape index (κ1) is 16.6. The maximum absolute atomic E-state index is 12.2. The minimum absolute atomic E-state index is 0. The van der Waals surface area contributed by atoms with Crippen LogP contribution in [0.15, 0.2) is 0 Å². The third kappa shape index (κ3) is 3.52. The summed E-state index contributed by atoms with van der Waals surface area (Å²) >= 11 is 0. The van der Waals surface area contributed by atoms with E-state index >= 15 is 0 Å². The Morgan fingerprint density at radius 2 is 1.90 bits per heavy atom. The number of amides is 1. The molecule has 2 saturated carbocycles. The van der Waals surface area contributed by atoms with Gasteiger partial charge in [0, 0.05) is 12.6 Å². The van der Waals surface area contributed by atoms with E-state index in [-0.39, 0.29) is 24.4 Å². The molecule has 3 fully saturated rings. The van der Waals surface area contributed by atoms with E-state index in [1.54, 1.807) is 4.90 Å². The maximum atomic E-state index is 12.2. The average molecular weight is 312 g/mol. The Balaban J connectivity index is 0.00000161. The lowest BCUT2D eigenvalue weighted by atomic mass is 9.60. The first-order valence-electron chi connectivity index (χ1n) is 8.15. The summed E-state index contributed by atoms with van der Waals surface area (Å²) in [4.78, 5) is 13.9. The normalized spacial score (nSPS) is 27.8. The van der Waals surface area contributed by atoms with Gasteiger partial charge in [0.25, 0.3) is 0 Å². The first-order valence-corrected chi connectivity index (χ1v) is 8.15. The third-order valence-electron chi connectivity index (χ3n) is 5.72. The molecule has 21 heavy (non-hydrogen) atoms. The number of nitriles is 1. The summed E-state index contributed by atoms with van der Waals surface area (Å²) < 4.78 is 0. The lowest BCUT2D eigenvalue weighted by Crippen LogP contribution is -2.46. The van der Waals surface area contributed by atoms with Crippen LogP contribution in [-0.2, 0) is 4.79 Å². The molecule has 1 atom stereocenters. The van der Waals surface area contributed by atoms with Crippen LogP contribution in [0.1, 0.15) is 57.8 Å². The van der Waals surface area contributed by atoms with Crippen LogP contribution >= 0.6 is 12.4 Å². The van der Waals surface area contributed by atoms with Gasteiger partial charge < -0.3 is 10.2 Å². The molecule has 0 aromatic carbocycles. The van der Waals surface area contributed by atoms with Crippen LogP contribution in [0.4, 0.5) is 0 Å². The van der Waals surface area contributed by atoms with E-state index in [0.29, 0.717) is 18.0 Å². The number of hydrogen-bond donors (Lipinski definition) is 1. The number of nitrogens with one attached hydrogen (secondary N) is 1. The molecule has 1 heterocycles. The Kier molecular flexibility index (Phi) is 5.51. The molecule has 0 bridgehead atoms. The number of carbonyl (C=O) groups is 1. The van der Waals surface area contributed by atoms with Crippen molar-refractivity contribution in [1.29, 1.82) is 5.26 Å². The van der Waals surface area contributed by atoms with Crippen molar-refractivity contribution in [2.45, 2.75) is 69.9 Å². The quantitative estimate of drug-likeness (QED) is 0.871. The number of nitrogens with zero attached hydrogens (tertiary/aromatic N) is 2. The summed E-state index contributed by atoms with van der Waals surface area (Å²) in [6, 6.07) is 2.56. The Morgan fingerprint density at radius 3 is 2.48 bits per heavy atom. The molecule has 3 rings (SSSR count). The average Bonchev–Trinajstić information content (AvgIpc) is 2.92. The second-order valence-electron chi connectivity index (χ2n) is 6.88. The Morgan fingerprint density at radius 1 is 1.19 bits per heavy atom. The van der Waals surface area contributed by atoms with E-state index in [4.69, 9.17) is 5.26 Å². The standard InChI is InChI=1S/C16H25N3O.ClH/c17-11-14-3-1-10-19(14)15(20)12-18-13-4-8-16(9-5-13)6-2-7-16;/h13-14,18H,1-10,12H2;1H/t14-;/m0./s1. The summed E-state index contributed by atoms with van der Waals surface area (Å²) in [5, 5.41) is 12.5. The van der Waals surface area contributed by atoms with E-state index in [9.17, 15) is 4.79 Å². The van der Waals surface area contributed by atoms with Gasteiger partial charge in [0.2, 0.25) is 5.91 Å². The Labute approximate surface area is 133 Å². The van der Waals surface area contributed by atoms with E-state index in [0.717, 1.165) is 19.4 Å². The summed E-state index contributed by atoms with van der Waals surface area (Å²) in [6.45, 7) is 1.17. The number of carbonyl (C=O) groups excluding carboxylic acids is 1. The van der Waals surface area contributed by atoms with Gasteiger partial charge in [-0.05, 0) is 56.8 Å². The van der Waals surface area contributed by atoms with Crippen LogP contribution in [-0.4, -0.2) is 36.0 Å². The predicted octanol–water partition coefficient (Wildman–Crippen LogP) is 2.63. The number of rotatable bonds is 3. The van der Waals surface area contributed by atoms with Crippen LogP contribution in [0.25, 0.3) is 0 Å². The zero-order valence-electron chi connectivity index (χ0n) is 12.6. The van der Waals surface area contributed by atoms with Gasteiger partial charge in [-0.1, -0.05) is 6.42 Å². The highest BCUT2D eigenvalue weighted by Gasteiger charge is 2.40. The Hall–Kier alpha value is -0.790. The van der Waals surface area contributed by atoms with E-state index in [1.165, 1.54) is 44.9 Å². The van der Waals surface area contributed by atoms with Crippen LogP contribution in [0, 0.1) is 16.7 Å². The van der Waals surface area contributed by atoms with Crippen molar-refractivity contribution < 1.29 is 4.79 Å². The summed E-state index contributed by atoms with van der Waals surface area (Å²) in [7, 11) is 0. The molecule has 0 radical (unpaired) electrons. The second-order valence-corrected chi connectivity index (χ2v) is 6.88. The Bertz CT molecular complexity index is 406. The van der Waals surface area contributed by atoms with Gasteiger partial charge in [0.05, 0.1) is 12.6 Å². The van der Waals surface area contributed by atoms with Gasteiger partial charge in [-0.3, -0.25) is 4.79 Å². The van der Waals surface area contributed by atoms with Gasteiger partial charge in [0.1, 0.15) is 6.04 Å². The lowest BCUT2D eigenvalue weighted by Gasteiger charge is -2.47. The zero-order valence-corrected chi connectivity index (χ0v) is 13.5. The monoisotopic (exact) mass is 311 g/mol. The SMILES string of the molecule is Cl.N#C[C@@H]1CCCN1C(=O)CNC1CCC2(CCC2)CC1. The molecule has 0 aromatic rings. The molecule has 5 heteroatoms. The molecule has 4 nitrogen and oxygen atoms in total.